The van der Waals surface area contributed by atoms with Crippen molar-refractivity contribution < 1.29 is 13.5 Å². The van der Waals surface area contributed by atoms with Crippen molar-refractivity contribution in [2.45, 2.75) is 44.2 Å². The fourth-order valence-electron chi connectivity index (χ4n) is 2.78. The van der Waals surface area contributed by atoms with Gasteiger partial charge in [0.25, 0.3) is 10.2 Å². The summed E-state index contributed by atoms with van der Waals surface area (Å²) < 4.78 is 28.5. The fraction of sp³-hybridized carbons (Fsp3) is 0.600. The molecule has 0 bridgehead atoms. The maximum absolute atomic E-state index is 12.3. The highest BCUT2D eigenvalue weighted by Gasteiger charge is 2.28. The molecule has 22 heavy (non-hydrogen) atoms. The van der Waals surface area contributed by atoms with Crippen molar-refractivity contribution >= 4 is 21.8 Å². The molecular formula is C15H23ClN2O3S. The molecule has 124 valence electrons. The van der Waals surface area contributed by atoms with E-state index in [2.05, 4.69) is 4.72 Å². The fourth-order valence-corrected chi connectivity index (χ4v) is 4.22. The molecular weight excluding hydrogens is 324 g/mol. The van der Waals surface area contributed by atoms with Crippen LogP contribution in [-0.2, 0) is 10.2 Å². The van der Waals surface area contributed by atoms with Crippen LogP contribution in [-0.4, -0.2) is 37.5 Å². The van der Waals surface area contributed by atoms with Crippen molar-refractivity contribution in [1.29, 1.82) is 0 Å². The molecule has 0 saturated heterocycles. The number of halogens is 1. The quantitative estimate of drug-likeness (QED) is 0.831. The molecule has 1 aliphatic carbocycles. The molecule has 1 aromatic carbocycles. The number of hydrogen-bond donors (Lipinski definition) is 2. The number of nitrogens with one attached hydrogen (secondary N) is 1. The van der Waals surface area contributed by atoms with Crippen molar-refractivity contribution in [3.05, 3.63) is 34.9 Å². The average Bonchev–Trinajstić information content (AvgIpc) is 2.53. The minimum Gasteiger partial charge on any atom is -0.387 e. The van der Waals surface area contributed by atoms with Crippen LogP contribution in [0.15, 0.2) is 24.3 Å². The van der Waals surface area contributed by atoms with Crippen LogP contribution in [0.1, 0.15) is 43.8 Å². The standard InChI is InChI=1S/C15H23ClN2O3S/c1-18(12-7-3-2-4-8-12)22(20,21)17-11-15(19)13-9-5-6-10-14(13)16/h5-6,9-10,12,15,17,19H,2-4,7-8,11H2,1H3. The number of aliphatic hydroxyl groups is 1. The van der Waals surface area contributed by atoms with E-state index in [1.165, 1.54) is 10.7 Å². The zero-order valence-corrected chi connectivity index (χ0v) is 14.3. The lowest BCUT2D eigenvalue weighted by Gasteiger charge is -2.30. The molecule has 0 aromatic heterocycles. The predicted molar refractivity (Wildman–Crippen MR) is 88.0 cm³/mol. The molecule has 1 fully saturated rings. The first-order chi connectivity index (χ1) is 10.4. The lowest BCUT2D eigenvalue weighted by Crippen LogP contribution is -2.45. The second-order valence-electron chi connectivity index (χ2n) is 5.70. The third kappa shape index (κ3) is 4.43. The molecule has 0 aliphatic heterocycles. The maximum atomic E-state index is 12.3. The lowest BCUT2D eigenvalue weighted by atomic mass is 9.96. The SMILES string of the molecule is CN(C1CCCCC1)S(=O)(=O)NCC(O)c1ccccc1Cl. The van der Waals surface area contributed by atoms with E-state index in [-0.39, 0.29) is 12.6 Å². The smallest absolute Gasteiger partial charge is 0.279 e. The van der Waals surface area contributed by atoms with E-state index in [0.29, 0.717) is 10.6 Å². The Bertz CT molecular complexity index is 588. The zero-order valence-electron chi connectivity index (χ0n) is 12.7. The first-order valence-corrected chi connectivity index (χ1v) is 9.38. The van der Waals surface area contributed by atoms with Gasteiger partial charge in [-0.2, -0.15) is 17.4 Å². The van der Waals surface area contributed by atoms with E-state index in [0.717, 1.165) is 25.7 Å². The van der Waals surface area contributed by atoms with Gasteiger partial charge in [0.1, 0.15) is 0 Å². The second-order valence-corrected chi connectivity index (χ2v) is 7.92. The van der Waals surface area contributed by atoms with Crippen LogP contribution in [0.4, 0.5) is 0 Å². The number of rotatable bonds is 6. The summed E-state index contributed by atoms with van der Waals surface area (Å²) >= 11 is 6.01. The van der Waals surface area contributed by atoms with Crippen LogP contribution < -0.4 is 4.72 Å². The Labute approximate surface area is 137 Å². The zero-order chi connectivity index (χ0) is 16.2. The molecule has 1 aromatic rings. The van der Waals surface area contributed by atoms with Crippen molar-refractivity contribution in [1.82, 2.24) is 9.03 Å². The summed E-state index contributed by atoms with van der Waals surface area (Å²) in [7, 11) is -2.00. The van der Waals surface area contributed by atoms with Gasteiger partial charge in [0, 0.05) is 30.2 Å². The van der Waals surface area contributed by atoms with Crippen LogP contribution in [0.2, 0.25) is 5.02 Å². The first-order valence-electron chi connectivity index (χ1n) is 7.57. The van der Waals surface area contributed by atoms with Gasteiger partial charge < -0.3 is 5.11 Å². The van der Waals surface area contributed by atoms with E-state index in [4.69, 9.17) is 11.6 Å². The van der Waals surface area contributed by atoms with Gasteiger partial charge in [-0.05, 0) is 18.9 Å². The van der Waals surface area contributed by atoms with Crippen LogP contribution in [0, 0.1) is 0 Å². The molecule has 0 heterocycles. The van der Waals surface area contributed by atoms with Crippen molar-refractivity contribution in [3.8, 4) is 0 Å². The Balaban J connectivity index is 1.95. The predicted octanol–water partition coefficient (Wildman–Crippen LogP) is 2.47. The van der Waals surface area contributed by atoms with Crippen molar-refractivity contribution in [3.63, 3.8) is 0 Å². The molecule has 1 unspecified atom stereocenters. The van der Waals surface area contributed by atoms with Gasteiger partial charge in [-0.3, -0.25) is 0 Å². The summed E-state index contributed by atoms with van der Waals surface area (Å²) in [5, 5.41) is 10.6. The summed E-state index contributed by atoms with van der Waals surface area (Å²) in [5.74, 6) is 0. The van der Waals surface area contributed by atoms with Gasteiger partial charge in [0.05, 0.1) is 6.10 Å². The average molecular weight is 347 g/mol. The molecule has 1 aliphatic rings. The molecule has 2 N–H and O–H groups in total. The minimum atomic E-state index is -3.60. The largest absolute Gasteiger partial charge is 0.387 e. The number of hydrogen-bond acceptors (Lipinski definition) is 3. The first kappa shape index (κ1) is 17.7. The Morgan fingerprint density at radius 2 is 1.95 bits per heavy atom. The highest BCUT2D eigenvalue weighted by Crippen LogP contribution is 2.24. The monoisotopic (exact) mass is 346 g/mol. The molecule has 7 heteroatoms. The molecule has 1 atom stereocenters. The summed E-state index contributed by atoms with van der Waals surface area (Å²) in [4.78, 5) is 0. The minimum absolute atomic E-state index is 0.0451. The van der Waals surface area contributed by atoms with E-state index in [1.54, 1.807) is 31.3 Å². The normalized spacial score (nSPS) is 18.5. The van der Waals surface area contributed by atoms with Gasteiger partial charge in [-0.1, -0.05) is 49.1 Å². The van der Waals surface area contributed by atoms with E-state index in [9.17, 15) is 13.5 Å². The van der Waals surface area contributed by atoms with Gasteiger partial charge in [0.15, 0.2) is 0 Å². The summed E-state index contributed by atoms with van der Waals surface area (Å²) in [6.45, 7) is -0.0941. The van der Waals surface area contributed by atoms with E-state index >= 15 is 0 Å². The Morgan fingerprint density at radius 3 is 2.59 bits per heavy atom. The van der Waals surface area contributed by atoms with Gasteiger partial charge in [-0.15, -0.1) is 0 Å². The number of nitrogens with zero attached hydrogens (tertiary/aromatic N) is 1. The molecule has 1 saturated carbocycles. The van der Waals surface area contributed by atoms with E-state index in [1.807, 2.05) is 0 Å². The molecule has 0 spiro atoms. The van der Waals surface area contributed by atoms with Crippen LogP contribution in [0.3, 0.4) is 0 Å². The van der Waals surface area contributed by atoms with Crippen LogP contribution in [0.25, 0.3) is 0 Å². The molecule has 0 amide bonds. The third-order valence-corrected chi connectivity index (χ3v) is 6.12. The maximum Gasteiger partial charge on any atom is 0.279 e. The second kappa shape index (κ2) is 7.75. The summed E-state index contributed by atoms with van der Waals surface area (Å²) in [6.07, 6.45) is 4.11. The van der Waals surface area contributed by atoms with Gasteiger partial charge in [-0.25, -0.2) is 0 Å². The summed E-state index contributed by atoms with van der Waals surface area (Å²) in [5.41, 5.74) is 0.521. The number of aliphatic hydroxyl groups excluding tert-OH is 1. The molecule has 2 rings (SSSR count). The van der Waals surface area contributed by atoms with Gasteiger partial charge >= 0.3 is 0 Å². The topological polar surface area (TPSA) is 69.6 Å². The lowest BCUT2D eigenvalue weighted by molar-refractivity contribution is 0.180. The molecule has 0 radical (unpaired) electrons. The Kier molecular flexibility index (Phi) is 6.23. The summed E-state index contributed by atoms with van der Waals surface area (Å²) in [6, 6.07) is 6.92. The van der Waals surface area contributed by atoms with Crippen molar-refractivity contribution in [2.75, 3.05) is 13.6 Å². The van der Waals surface area contributed by atoms with Crippen LogP contribution >= 0.6 is 11.6 Å². The van der Waals surface area contributed by atoms with Crippen molar-refractivity contribution in [2.24, 2.45) is 0 Å². The van der Waals surface area contributed by atoms with E-state index < -0.39 is 16.3 Å². The highest BCUT2D eigenvalue weighted by atomic mass is 35.5. The Morgan fingerprint density at radius 1 is 1.32 bits per heavy atom. The number of benzene rings is 1. The van der Waals surface area contributed by atoms with Crippen LogP contribution in [0.5, 0.6) is 0 Å². The van der Waals surface area contributed by atoms with Gasteiger partial charge in [0.2, 0.25) is 0 Å². The third-order valence-electron chi connectivity index (χ3n) is 4.19. The Hall–Kier alpha value is -0.660. The molecule has 5 nitrogen and oxygen atoms in total. The highest BCUT2D eigenvalue weighted by molar-refractivity contribution is 7.87.